The van der Waals surface area contributed by atoms with Crippen LogP contribution in [0.2, 0.25) is 0 Å². The minimum absolute atomic E-state index is 0.687. The van der Waals surface area contributed by atoms with E-state index in [0.29, 0.717) is 0 Å². The molecule has 0 saturated carbocycles. The van der Waals surface area contributed by atoms with Gasteiger partial charge in [-0.3, -0.25) is 0 Å². The van der Waals surface area contributed by atoms with E-state index in [-0.39, 0.29) is 0 Å². The third-order valence-corrected chi connectivity index (χ3v) is 277. The molecule has 0 N–H and O–H groups in total. The molecule has 0 fully saturated rings. The zero-order valence-corrected chi connectivity index (χ0v) is 19.0. The molecule has 0 spiro atoms. The molecule has 0 aromatic heterocycles. The van der Waals surface area contributed by atoms with Crippen molar-refractivity contribution in [2.75, 3.05) is 0 Å². The Kier molecular flexibility index (Phi) is 7.81. The van der Waals surface area contributed by atoms with Gasteiger partial charge in [-0.25, -0.2) is 0 Å². The van der Waals surface area contributed by atoms with Gasteiger partial charge in [0.2, 0.25) is 0 Å². The summed E-state index contributed by atoms with van der Waals surface area (Å²) in [6.45, 7) is 3.91. The van der Waals surface area contributed by atoms with Gasteiger partial charge in [0.25, 0.3) is 0 Å². The van der Waals surface area contributed by atoms with Crippen molar-refractivity contribution in [2.45, 2.75) is 0 Å². The molecule has 0 aliphatic carbocycles. The Labute approximate surface area is 108 Å². The van der Waals surface area contributed by atoms with Gasteiger partial charge < -0.3 is 0 Å². The molecule has 60 valence electrons. The maximum absolute atomic E-state index is 3.91. The average Bonchev–Trinajstić information content (AvgIpc) is 1.66. The fourth-order valence-electron chi connectivity index (χ4n) is 0.0441. The summed E-state index contributed by atoms with van der Waals surface area (Å²) in [6, 6.07) is 0. The molecule has 0 nitrogen and oxygen atoms in total. The van der Waals surface area contributed by atoms with Crippen molar-refractivity contribution in [1.29, 1.82) is 0 Å². The van der Waals surface area contributed by atoms with Crippen LogP contribution >= 0.6 is 102 Å². The first-order valence-corrected chi connectivity index (χ1v) is 40.4. The number of halogens is 7. The molecular formula is C2H3I7. The van der Waals surface area contributed by atoms with Crippen molar-refractivity contribution < 1.29 is 0 Å². The van der Waals surface area contributed by atoms with Crippen LogP contribution in [-0.4, -0.2) is 0 Å². The molecule has 0 radical (unpaired) electrons. The standard InChI is InChI=1S/C2H3I7/c1-2-9(5,6,7)8(3)4/h2H,1H2. The molecular weight excluding hydrogens is 912 g/mol. The van der Waals surface area contributed by atoms with Crippen LogP contribution in [-0.2, 0) is 0 Å². The van der Waals surface area contributed by atoms with Crippen LogP contribution < -0.4 is 0 Å². The van der Waals surface area contributed by atoms with Crippen LogP contribution in [0.3, 0.4) is 0 Å². The normalized spacial score (nSPS) is 17.9. The topological polar surface area (TPSA) is 0 Å². The summed E-state index contributed by atoms with van der Waals surface area (Å²) in [4.78, 5) is 0. The average molecular weight is 915 g/mol. The summed E-state index contributed by atoms with van der Waals surface area (Å²) >= 11 is 13.2. The van der Waals surface area contributed by atoms with E-state index in [4.69, 9.17) is 0 Å². The van der Waals surface area contributed by atoms with E-state index in [1.54, 1.807) is 0 Å². The van der Waals surface area contributed by atoms with Gasteiger partial charge in [-0.2, -0.15) is 0 Å². The Hall–Kier alpha value is 4.85. The Balaban J connectivity index is 4.50. The predicted octanol–water partition coefficient (Wildman–Crippen LogP) is 6.88. The van der Waals surface area contributed by atoms with Crippen LogP contribution in [0.4, 0.5) is 0 Å². The summed E-state index contributed by atoms with van der Waals surface area (Å²) in [5.41, 5.74) is 0. The van der Waals surface area contributed by atoms with E-state index in [0.717, 1.165) is 0 Å². The van der Waals surface area contributed by atoms with Gasteiger partial charge in [0.05, 0.1) is 0 Å². The molecule has 0 saturated heterocycles. The number of hydrogen-bond donors (Lipinski definition) is 0. The zero-order chi connectivity index (χ0) is 7.73. The van der Waals surface area contributed by atoms with Crippen LogP contribution in [0.15, 0.2) is 10.7 Å². The van der Waals surface area contributed by atoms with Gasteiger partial charge in [-0.05, 0) is 0 Å². The molecule has 0 amide bonds. The van der Waals surface area contributed by atoms with Crippen molar-refractivity contribution in [3.8, 4) is 0 Å². The molecule has 0 aliphatic rings. The molecule has 0 bridgehead atoms. The zero-order valence-electron chi connectivity index (χ0n) is 3.93. The van der Waals surface area contributed by atoms with E-state index in [9.17, 15) is 0 Å². The summed E-state index contributed by atoms with van der Waals surface area (Å²) in [6.07, 6.45) is 0. The summed E-state index contributed by atoms with van der Waals surface area (Å²) in [5.74, 6) is 0. The molecule has 9 heavy (non-hydrogen) atoms. The first kappa shape index (κ1) is 13.8. The van der Waals surface area contributed by atoms with E-state index >= 15 is 0 Å². The number of hydrogen-bond acceptors (Lipinski definition) is 0. The summed E-state index contributed by atoms with van der Waals surface area (Å²) in [7, 11) is -0.687. The molecule has 0 aromatic rings. The maximum atomic E-state index is 3.91. The van der Waals surface area contributed by atoms with E-state index < -0.39 is 9.04 Å². The fourth-order valence-corrected chi connectivity index (χ4v) is 13.3. The van der Waals surface area contributed by atoms with E-state index in [1.807, 2.05) is 0 Å². The van der Waals surface area contributed by atoms with Gasteiger partial charge in [-0.1, -0.05) is 0 Å². The van der Waals surface area contributed by atoms with E-state index in [2.05, 4.69) is 104 Å². The van der Waals surface area contributed by atoms with Gasteiger partial charge in [-0.15, -0.1) is 0 Å². The van der Waals surface area contributed by atoms with Gasteiger partial charge in [0.1, 0.15) is 0 Å². The quantitative estimate of drug-likeness (QED) is 0.266. The second kappa shape index (κ2) is 5.08. The Morgan fingerprint density at radius 1 is 1.22 bits per heavy atom. The van der Waals surface area contributed by atoms with Crippen molar-refractivity contribution in [1.82, 2.24) is 0 Å². The third kappa shape index (κ3) is 5.33. The minimum atomic E-state index is -1.98. The molecule has 0 rings (SSSR count). The van der Waals surface area contributed by atoms with Gasteiger partial charge in [0.15, 0.2) is 0 Å². The first-order chi connectivity index (χ1) is 3.78. The van der Waals surface area contributed by atoms with Crippen LogP contribution in [0, 0.1) is 0 Å². The van der Waals surface area contributed by atoms with Crippen molar-refractivity contribution in [3.05, 3.63) is 10.7 Å². The van der Waals surface area contributed by atoms with Crippen LogP contribution in [0.25, 0.3) is 0 Å². The van der Waals surface area contributed by atoms with Gasteiger partial charge >= 0.3 is 113 Å². The summed E-state index contributed by atoms with van der Waals surface area (Å²) < 4.78 is 0.257. The fraction of sp³-hybridized carbons (Fsp3) is 0. The summed E-state index contributed by atoms with van der Waals surface area (Å²) in [5, 5.41) is 0. The molecule has 0 heterocycles. The van der Waals surface area contributed by atoms with Crippen molar-refractivity contribution in [2.24, 2.45) is 0 Å². The molecule has 7 heteroatoms. The van der Waals surface area contributed by atoms with E-state index in [1.165, 1.54) is 0 Å². The van der Waals surface area contributed by atoms with Gasteiger partial charge in [0, 0.05) is 0 Å². The first-order valence-electron chi connectivity index (χ1n) is 1.48. The number of rotatable bonds is 2. The Morgan fingerprint density at radius 2 is 1.56 bits per heavy atom. The second-order valence-corrected chi connectivity index (χ2v) is 163. The second-order valence-electron chi connectivity index (χ2n) is 0.970. The molecule has 0 unspecified atom stereocenters. The SMILES string of the molecule is C=CI(I)(I)(I)I(I)I. The Bertz CT molecular complexity index is 117. The molecule has 0 aliphatic heterocycles. The van der Waals surface area contributed by atoms with Crippen molar-refractivity contribution in [3.63, 3.8) is 0 Å². The Morgan fingerprint density at radius 3 is 1.56 bits per heavy atom. The monoisotopic (exact) mass is 915 g/mol. The third-order valence-electron chi connectivity index (χ3n) is 0.418. The van der Waals surface area contributed by atoms with Crippen LogP contribution in [0.1, 0.15) is 0 Å². The molecule has 0 atom stereocenters. The van der Waals surface area contributed by atoms with Crippen molar-refractivity contribution >= 4 is 102 Å². The predicted molar refractivity (Wildman–Crippen MR) is 108 cm³/mol. The molecule has 0 aromatic carbocycles. The van der Waals surface area contributed by atoms with Crippen LogP contribution in [0.5, 0.6) is 0 Å².